The zero-order chi connectivity index (χ0) is 35.0. The van der Waals surface area contributed by atoms with Gasteiger partial charge >= 0.3 is 0 Å². The van der Waals surface area contributed by atoms with E-state index in [1.54, 1.807) is 43.3 Å². The summed E-state index contributed by atoms with van der Waals surface area (Å²) < 4.78 is 14.0. The molecule has 3 aliphatic rings. The second-order valence-corrected chi connectivity index (χ2v) is 13.4. The molecule has 3 aromatic carbocycles. The Morgan fingerprint density at radius 1 is 0.980 bits per heavy atom. The van der Waals surface area contributed by atoms with Crippen LogP contribution in [0.25, 0.3) is 0 Å². The maximum atomic E-state index is 14.0. The number of hydrogen-bond acceptors (Lipinski definition) is 8. The summed E-state index contributed by atoms with van der Waals surface area (Å²) in [5, 5.41) is 34.5. The third-order valence-electron chi connectivity index (χ3n) is 10.5. The van der Waals surface area contributed by atoms with Crippen LogP contribution in [-0.4, -0.2) is 82.0 Å². The minimum absolute atomic E-state index is 0.000514. The molecule has 1 aliphatic heterocycles. The standard InChI is InChI=1S/C37H38FN9O3/c1-40-34(49)24-7-11-30-22(14-24)5-6-23-15-25(35(50)41-2)8-12-31(23)37(30,36-43-45-46-44-36)18-28(13-21-3-9-27(38)10-4-21)42-20-33(48)47-29(19-39)16-26-17-32(26)47/h3-4,7-12,14-15,26,28-29,32,42H,5-6,13,16-18,20H2,1-2H3,(H,40,49)(H,41,50)(H,43,44,45,46)/t26-,28+,29+,32+/m1/s1. The van der Waals surface area contributed by atoms with Crippen LogP contribution in [0.4, 0.5) is 4.39 Å². The van der Waals surface area contributed by atoms with E-state index in [9.17, 15) is 24.0 Å². The number of aromatic nitrogens is 4. The molecular weight excluding hydrogens is 637 g/mol. The van der Waals surface area contributed by atoms with Gasteiger partial charge in [-0.2, -0.15) is 10.5 Å². The fraction of sp³-hybridized carbons (Fsp3) is 0.378. The van der Waals surface area contributed by atoms with Gasteiger partial charge in [-0.25, -0.2) is 4.39 Å². The van der Waals surface area contributed by atoms with Gasteiger partial charge in [0.1, 0.15) is 11.9 Å². The van der Waals surface area contributed by atoms with E-state index >= 15 is 0 Å². The lowest BCUT2D eigenvalue weighted by atomic mass is 9.67. The van der Waals surface area contributed by atoms with Crippen molar-refractivity contribution in [1.82, 2.24) is 41.5 Å². The van der Waals surface area contributed by atoms with Crippen LogP contribution in [0.1, 0.15) is 73.6 Å². The number of rotatable bonds is 10. The summed E-state index contributed by atoms with van der Waals surface area (Å²) in [5.74, 6) is -0.134. The number of tetrazole rings is 1. The van der Waals surface area contributed by atoms with Crippen molar-refractivity contribution in [3.05, 3.63) is 111 Å². The Bertz CT molecular complexity index is 1910. The van der Waals surface area contributed by atoms with Crippen LogP contribution >= 0.6 is 0 Å². The monoisotopic (exact) mass is 675 g/mol. The van der Waals surface area contributed by atoms with Crippen molar-refractivity contribution in [2.75, 3.05) is 20.6 Å². The van der Waals surface area contributed by atoms with Gasteiger partial charge in [-0.1, -0.05) is 29.5 Å². The molecule has 0 unspecified atom stereocenters. The second-order valence-electron chi connectivity index (χ2n) is 13.4. The quantitative estimate of drug-likeness (QED) is 0.199. The molecule has 2 heterocycles. The molecule has 4 N–H and O–H groups in total. The summed E-state index contributed by atoms with van der Waals surface area (Å²) in [6, 6.07) is 19.1. The number of nitriles is 1. The van der Waals surface area contributed by atoms with Crippen molar-refractivity contribution < 1.29 is 18.8 Å². The summed E-state index contributed by atoms with van der Waals surface area (Å²) in [4.78, 5) is 41.0. The molecule has 7 rings (SSSR count). The fourth-order valence-corrected chi connectivity index (χ4v) is 8.06. The molecule has 0 spiro atoms. The number of likely N-dealkylation sites (tertiary alicyclic amines) is 1. The van der Waals surface area contributed by atoms with Crippen molar-refractivity contribution in [1.29, 1.82) is 5.26 Å². The Hall–Kier alpha value is -5.48. The first-order valence-electron chi connectivity index (χ1n) is 16.9. The first-order valence-corrected chi connectivity index (χ1v) is 16.9. The van der Waals surface area contributed by atoms with Crippen LogP contribution in [0, 0.1) is 23.1 Å². The summed E-state index contributed by atoms with van der Waals surface area (Å²) >= 11 is 0. The molecule has 4 atom stereocenters. The third kappa shape index (κ3) is 6.00. The molecule has 256 valence electrons. The van der Waals surface area contributed by atoms with Crippen molar-refractivity contribution in [3.8, 4) is 6.07 Å². The average Bonchev–Trinajstić information content (AvgIpc) is 3.52. The molecular formula is C37H38FN9O3. The Morgan fingerprint density at radius 2 is 1.62 bits per heavy atom. The molecule has 2 fully saturated rings. The molecule has 1 aromatic heterocycles. The molecule has 3 amide bonds. The number of carbonyl (C=O) groups excluding carboxylic acids is 3. The van der Waals surface area contributed by atoms with Gasteiger partial charge < -0.3 is 20.9 Å². The molecule has 2 aliphatic carbocycles. The van der Waals surface area contributed by atoms with Crippen LogP contribution in [-0.2, 0) is 29.5 Å². The van der Waals surface area contributed by atoms with Gasteiger partial charge in [-0.3, -0.25) is 14.4 Å². The maximum Gasteiger partial charge on any atom is 0.251 e. The highest BCUT2D eigenvalue weighted by molar-refractivity contribution is 5.95. The zero-order valence-electron chi connectivity index (χ0n) is 27.9. The number of hydrogen-bond donors (Lipinski definition) is 4. The topological polar surface area (TPSA) is 169 Å². The highest BCUT2D eigenvalue weighted by Crippen LogP contribution is 2.48. The van der Waals surface area contributed by atoms with Gasteiger partial charge in [0.2, 0.25) is 5.91 Å². The number of nitrogens with zero attached hydrogens (tertiary/aromatic N) is 5. The molecule has 0 bridgehead atoms. The fourth-order valence-electron chi connectivity index (χ4n) is 8.06. The Labute approximate surface area is 288 Å². The Kier molecular flexibility index (Phi) is 8.88. The molecule has 13 heteroatoms. The maximum absolute atomic E-state index is 14.0. The van der Waals surface area contributed by atoms with E-state index < -0.39 is 17.5 Å². The van der Waals surface area contributed by atoms with Crippen molar-refractivity contribution in [2.45, 2.75) is 62.1 Å². The van der Waals surface area contributed by atoms with E-state index in [1.807, 2.05) is 24.3 Å². The lowest BCUT2D eigenvalue weighted by Crippen LogP contribution is -2.48. The lowest BCUT2D eigenvalue weighted by molar-refractivity contribution is -0.131. The number of carbonyl (C=O) groups is 3. The predicted molar refractivity (Wildman–Crippen MR) is 180 cm³/mol. The highest BCUT2D eigenvalue weighted by atomic mass is 19.1. The van der Waals surface area contributed by atoms with E-state index in [-0.39, 0.29) is 36.1 Å². The van der Waals surface area contributed by atoms with Crippen LogP contribution in [0.3, 0.4) is 0 Å². The van der Waals surface area contributed by atoms with Gasteiger partial charge in [0, 0.05) is 37.3 Å². The Balaban J connectivity index is 1.36. The molecule has 1 saturated heterocycles. The summed E-state index contributed by atoms with van der Waals surface area (Å²) in [7, 11) is 3.18. The van der Waals surface area contributed by atoms with Gasteiger partial charge in [-0.15, -0.1) is 10.2 Å². The van der Waals surface area contributed by atoms with E-state index in [4.69, 9.17) is 0 Å². The minimum Gasteiger partial charge on any atom is -0.355 e. The Morgan fingerprint density at radius 3 is 2.18 bits per heavy atom. The molecule has 1 saturated carbocycles. The third-order valence-corrected chi connectivity index (χ3v) is 10.5. The van der Waals surface area contributed by atoms with Crippen LogP contribution in [0.5, 0.6) is 0 Å². The highest BCUT2D eigenvalue weighted by Gasteiger charge is 2.54. The number of amides is 3. The smallest absolute Gasteiger partial charge is 0.251 e. The summed E-state index contributed by atoms with van der Waals surface area (Å²) in [6.07, 6.45) is 3.54. The van der Waals surface area contributed by atoms with E-state index in [0.29, 0.717) is 55.0 Å². The average molecular weight is 676 g/mol. The largest absolute Gasteiger partial charge is 0.355 e. The van der Waals surface area contributed by atoms with Gasteiger partial charge in [0.25, 0.3) is 11.8 Å². The van der Waals surface area contributed by atoms with Crippen LogP contribution in [0.2, 0.25) is 0 Å². The van der Waals surface area contributed by atoms with Crippen molar-refractivity contribution >= 4 is 17.7 Å². The summed E-state index contributed by atoms with van der Waals surface area (Å²) in [5.41, 5.74) is 4.40. The zero-order valence-corrected chi connectivity index (χ0v) is 27.9. The van der Waals surface area contributed by atoms with Crippen molar-refractivity contribution in [3.63, 3.8) is 0 Å². The van der Waals surface area contributed by atoms with Crippen molar-refractivity contribution in [2.24, 2.45) is 5.92 Å². The minimum atomic E-state index is -1.05. The number of fused-ring (bicyclic) bond motifs is 3. The van der Waals surface area contributed by atoms with Crippen LogP contribution in [0.15, 0.2) is 60.7 Å². The normalized spacial score (nSPS) is 20.4. The lowest BCUT2D eigenvalue weighted by Gasteiger charge is -2.37. The second kappa shape index (κ2) is 13.4. The molecule has 4 aromatic rings. The van der Waals surface area contributed by atoms with E-state index in [0.717, 1.165) is 34.2 Å². The number of aromatic amines is 1. The number of H-pyrrole nitrogens is 1. The number of nitrogens with one attached hydrogen (secondary N) is 4. The number of benzene rings is 3. The predicted octanol–water partition coefficient (Wildman–Crippen LogP) is 2.59. The summed E-state index contributed by atoms with van der Waals surface area (Å²) in [6.45, 7) is 0.000514. The molecule has 0 radical (unpaired) electrons. The number of piperidine rings is 1. The first-order chi connectivity index (χ1) is 24.2. The SMILES string of the molecule is CNC(=O)c1ccc2c(c1)CCc1cc(C(=O)NC)ccc1C2(C[C@H](Cc1ccc(F)cc1)NCC(=O)N1[C@H](C#N)C[C@@H]2C[C@@H]21)c1nn[nH]n1. The molecule has 12 nitrogen and oxygen atoms in total. The van der Waals surface area contributed by atoms with Gasteiger partial charge in [0.05, 0.1) is 18.0 Å². The first kappa shape index (κ1) is 33.0. The number of halogens is 1. The van der Waals surface area contributed by atoms with E-state index in [1.165, 1.54) is 12.1 Å². The van der Waals surface area contributed by atoms with Crippen LogP contribution < -0.4 is 16.0 Å². The van der Waals surface area contributed by atoms with Gasteiger partial charge in [0.15, 0.2) is 5.82 Å². The molecule has 50 heavy (non-hydrogen) atoms. The number of aryl methyl sites for hydroxylation is 2. The van der Waals surface area contributed by atoms with Gasteiger partial charge in [-0.05, 0) is 109 Å². The van der Waals surface area contributed by atoms with E-state index in [2.05, 4.69) is 42.6 Å².